The lowest BCUT2D eigenvalue weighted by Crippen LogP contribution is -2.38. The second-order valence-corrected chi connectivity index (χ2v) is 5.49. The summed E-state index contributed by atoms with van der Waals surface area (Å²) in [7, 11) is 0. The van der Waals surface area contributed by atoms with Gasteiger partial charge in [0.25, 0.3) is 0 Å². The lowest BCUT2D eigenvalue weighted by Gasteiger charge is -2.30. The summed E-state index contributed by atoms with van der Waals surface area (Å²) in [6, 6.07) is 4.73. The Kier molecular flexibility index (Phi) is 3.32. The molecule has 0 radical (unpaired) electrons. The van der Waals surface area contributed by atoms with Crippen LogP contribution in [0.2, 0.25) is 5.02 Å². The average Bonchev–Trinajstić information content (AvgIpc) is 2.80. The largest absolute Gasteiger partial charge is 0.411 e. The second-order valence-electron chi connectivity index (χ2n) is 5.05. The Hall–Kier alpha value is -1.76. The van der Waals surface area contributed by atoms with E-state index in [1.54, 1.807) is 31.2 Å². The van der Waals surface area contributed by atoms with Gasteiger partial charge >= 0.3 is 6.18 Å². The summed E-state index contributed by atoms with van der Waals surface area (Å²) in [5, 5.41) is 7.41. The molecule has 3 rings (SSSR count). The minimum Gasteiger partial charge on any atom is -0.352 e. The fourth-order valence-corrected chi connectivity index (χ4v) is 2.57. The molecule has 112 valence electrons. The van der Waals surface area contributed by atoms with Crippen molar-refractivity contribution in [2.75, 3.05) is 5.32 Å². The Balaban J connectivity index is 2.05. The highest BCUT2D eigenvalue weighted by molar-refractivity contribution is 6.30. The van der Waals surface area contributed by atoms with E-state index < -0.39 is 12.2 Å². The lowest BCUT2D eigenvalue weighted by atomic mass is 10.1. The van der Waals surface area contributed by atoms with E-state index in [-0.39, 0.29) is 24.2 Å². The highest BCUT2D eigenvalue weighted by Crippen LogP contribution is 2.39. The normalized spacial score (nSPS) is 21.8. The number of alkyl halides is 3. The number of aromatic nitrogens is 3. The molecule has 1 aliphatic rings. The van der Waals surface area contributed by atoms with E-state index in [0.717, 1.165) is 4.68 Å². The third kappa shape index (κ3) is 2.70. The first-order valence-corrected chi connectivity index (χ1v) is 6.78. The van der Waals surface area contributed by atoms with Gasteiger partial charge in [-0.25, -0.2) is 4.68 Å². The predicted octanol–water partition coefficient (Wildman–Crippen LogP) is 3.91. The maximum absolute atomic E-state index is 13.1. The van der Waals surface area contributed by atoms with Gasteiger partial charge in [-0.15, -0.1) is 5.10 Å². The van der Waals surface area contributed by atoms with Crippen LogP contribution in [-0.4, -0.2) is 27.0 Å². The van der Waals surface area contributed by atoms with Crippen LogP contribution in [0.1, 0.15) is 19.4 Å². The van der Waals surface area contributed by atoms with Crippen LogP contribution in [0.4, 0.5) is 19.1 Å². The molecule has 0 fully saturated rings. The summed E-state index contributed by atoms with van der Waals surface area (Å²) >= 11 is 5.89. The van der Waals surface area contributed by atoms with E-state index in [2.05, 4.69) is 15.4 Å². The Bertz CT molecular complexity index is 668. The molecule has 0 saturated heterocycles. The van der Waals surface area contributed by atoms with Crippen LogP contribution in [-0.2, 0) is 0 Å². The van der Waals surface area contributed by atoms with Crippen molar-refractivity contribution in [2.24, 2.45) is 0 Å². The number of nitrogens with one attached hydrogen (secondary N) is 1. The van der Waals surface area contributed by atoms with Gasteiger partial charge in [0.05, 0.1) is 0 Å². The molecular weight excluding hydrogens is 305 g/mol. The van der Waals surface area contributed by atoms with Crippen LogP contribution >= 0.6 is 11.6 Å². The molecule has 0 bridgehead atoms. The van der Waals surface area contributed by atoms with E-state index in [1.165, 1.54) is 0 Å². The lowest BCUT2D eigenvalue weighted by molar-refractivity contribution is -0.173. The zero-order valence-corrected chi connectivity index (χ0v) is 11.8. The van der Waals surface area contributed by atoms with Crippen molar-refractivity contribution >= 4 is 17.5 Å². The quantitative estimate of drug-likeness (QED) is 0.867. The van der Waals surface area contributed by atoms with Crippen molar-refractivity contribution in [1.29, 1.82) is 0 Å². The molecule has 1 aromatic carbocycles. The molecule has 0 saturated carbocycles. The van der Waals surface area contributed by atoms with E-state index in [0.29, 0.717) is 10.6 Å². The third-order valence-electron chi connectivity index (χ3n) is 3.34. The summed E-state index contributed by atoms with van der Waals surface area (Å²) in [6.45, 7) is 1.69. The Morgan fingerprint density at radius 1 is 1.38 bits per heavy atom. The number of halogens is 4. The maximum atomic E-state index is 13.1. The first kappa shape index (κ1) is 14.2. The van der Waals surface area contributed by atoms with E-state index in [1.807, 2.05) is 0 Å². The van der Waals surface area contributed by atoms with Gasteiger partial charge in [0, 0.05) is 16.6 Å². The molecular formula is C13H12ClF3N4. The molecule has 2 aromatic rings. The van der Waals surface area contributed by atoms with Gasteiger partial charge in [0.1, 0.15) is 0 Å². The SMILES string of the molecule is CC1CC(C(F)(F)F)n2nc(-c3cccc(Cl)c3)nc2N1. The van der Waals surface area contributed by atoms with Gasteiger partial charge in [0.15, 0.2) is 11.9 Å². The highest BCUT2D eigenvalue weighted by atomic mass is 35.5. The molecule has 1 N–H and O–H groups in total. The van der Waals surface area contributed by atoms with Crippen LogP contribution < -0.4 is 5.32 Å². The Labute approximate surface area is 123 Å². The molecule has 2 atom stereocenters. The fraction of sp³-hybridized carbons (Fsp3) is 0.385. The summed E-state index contributed by atoms with van der Waals surface area (Å²) in [5.74, 6) is 0.356. The molecule has 1 aromatic heterocycles. The fourth-order valence-electron chi connectivity index (χ4n) is 2.38. The predicted molar refractivity (Wildman–Crippen MR) is 73.3 cm³/mol. The monoisotopic (exact) mass is 316 g/mol. The minimum atomic E-state index is -4.36. The van der Waals surface area contributed by atoms with Crippen LogP contribution in [0.5, 0.6) is 0 Å². The topological polar surface area (TPSA) is 42.7 Å². The minimum absolute atomic E-state index is 0.0746. The maximum Gasteiger partial charge on any atom is 0.411 e. The highest BCUT2D eigenvalue weighted by Gasteiger charge is 2.46. The van der Waals surface area contributed by atoms with Crippen molar-refractivity contribution in [3.8, 4) is 11.4 Å². The first-order chi connectivity index (χ1) is 9.84. The molecule has 0 spiro atoms. The van der Waals surface area contributed by atoms with Gasteiger partial charge in [-0.1, -0.05) is 23.7 Å². The molecule has 1 aliphatic heterocycles. The van der Waals surface area contributed by atoms with Crippen molar-refractivity contribution in [2.45, 2.75) is 31.6 Å². The van der Waals surface area contributed by atoms with Crippen LogP contribution in [0, 0.1) is 0 Å². The summed E-state index contributed by atoms with van der Waals surface area (Å²) in [6.07, 6.45) is -4.43. The van der Waals surface area contributed by atoms with Gasteiger partial charge in [-0.05, 0) is 25.5 Å². The molecule has 0 amide bonds. The van der Waals surface area contributed by atoms with Crippen LogP contribution in [0.3, 0.4) is 0 Å². The molecule has 21 heavy (non-hydrogen) atoms. The number of benzene rings is 1. The smallest absolute Gasteiger partial charge is 0.352 e. The number of hydrogen-bond acceptors (Lipinski definition) is 3. The average molecular weight is 317 g/mol. The van der Waals surface area contributed by atoms with Crippen molar-refractivity contribution in [1.82, 2.24) is 14.8 Å². The molecule has 2 unspecified atom stereocenters. The Morgan fingerprint density at radius 3 is 2.81 bits per heavy atom. The Morgan fingerprint density at radius 2 is 2.14 bits per heavy atom. The molecule has 4 nitrogen and oxygen atoms in total. The third-order valence-corrected chi connectivity index (χ3v) is 3.57. The van der Waals surface area contributed by atoms with Gasteiger partial charge < -0.3 is 5.32 Å². The number of fused-ring (bicyclic) bond motifs is 1. The van der Waals surface area contributed by atoms with Gasteiger partial charge in [-0.3, -0.25) is 0 Å². The second kappa shape index (κ2) is 4.91. The van der Waals surface area contributed by atoms with Crippen molar-refractivity contribution in [3.63, 3.8) is 0 Å². The summed E-state index contributed by atoms with van der Waals surface area (Å²) in [4.78, 5) is 4.16. The van der Waals surface area contributed by atoms with E-state index in [9.17, 15) is 13.2 Å². The van der Waals surface area contributed by atoms with Gasteiger partial charge in [-0.2, -0.15) is 18.2 Å². The molecule has 8 heteroatoms. The van der Waals surface area contributed by atoms with E-state index in [4.69, 9.17) is 11.6 Å². The zero-order valence-electron chi connectivity index (χ0n) is 11.0. The standard InChI is InChI=1S/C13H12ClF3N4/c1-7-5-10(13(15,16)17)21-12(18-7)19-11(20-21)8-3-2-4-9(14)6-8/h2-4,6-7,10H,5H2,1H3,(H,18,19,20). The summed E-state index contributed by atoms with van der Waals surface area (Å²) < 4.78 is 40.3. The summed E-state index contributed by atoms with van der Waals surface area (Å²) in [5.41, 5.74) is 0.583. The number of hydrogen-bond donors (Lipinski definition) is 1. The van der Waals surface area contributed by atoms with Crippen molar-refractivity contribution in [3.05, 3.63) is 29.3 Å². The molecule has 0 aliphatic carbocycles. The zero-order chi connectivity index (χ0) is 15.2. The van der Waals surface area contributed by atoms with Gasteiger partial charge in [0.2, 0.25) is 5.95 Å². The first-order valence-electron chi connectivity index (χ1n) is 6.40. The number of anilines is 1. The van der Waals surface area contributed by atoms with Crippen molar-refractivity contribution < 1.29 is 13.2 Å². The van der Waals surface area contributed by atoms with Crippen LogP contribution in [0.25, 0.3) is 11.4 Å². The molecule has 2 heterocycles. The number of rotatable bonds is 1. The van der Waals surface area contributed by atoms with E-state index >= 15 is 0 Å². The van der Waals surface area contributed by atoms with Crippen LogP contribution in [0.15, 0.2) is 24.3 Å². The number of nitrogens with zero attached hydrogens (tertiary/aromatic N) is 3.